The van der Waals surface area contributed by atoms with Gasteiger partial charge < -0.3 is 4.43 Å². The fourth-order valence-electron chi connectivity index (χ4n) is 0.415. The van der Waals surface area contributed by atoms with Gasteiger partial charge >= 0.3 is 0 Å². The quantitative estimate of drug-likeness (QED) is 0.423. The van der Waals surface area contributed by atoms with E-state index in [0.717, 1.165) is 3.55 Å². The number of rotatable bonds is 4. The van der Waals surface area contributed by atoms with E-state index < -0.39 is 0 Å². The zero-order chi connectivity index (χ0) is 7.28. The van der Waals surface area contributed by atoms with Gasteiger partial charge in [0.05, 0.1) is 0 Å². The third kappa shape index (κ3) is 6.80. The van der Waals surface area contributed by atoms with Crippen molar-refractivity contribution in [3.8, 4) is 0 Å². The Bertz CT molecular complexity index is 68.1. The highest BCUT2D eigenvalue weighted by Crippen LogP contribution is 2.03. The molecule has 0 aromatic heterocycles. The Morgan fingerprint density at radius 1 is 1.56 bits per heavy atom. The summed E-state index contributed by atoms with van der Waals surface area (Å²) in [6, 6.07) is 0. The fraction of sp³-hybridized carbons (Fsp3) is 1.00. The minimum atomic E-state index is -0.225. The summed E-state index contributed by atoms with van der Waals surface area (Å²) in [6.45, 7) is 6.42. The van der Waals surface area contributed by atoms with Crippen LogP contribution in [0.5, 0.6) is 0 Å². The summed E-state index contributed by atoms with van der Waals surface area (Å²) >= 11 is 2.48. The maximum Gasteiger partial charge on any atom is 0.174 e. The molecule has 0 aromatic carbocycles. The molecule has 0 rings (SSSR count). The molecule has 56 valence electrons. The zero-order valence-corrected chi connectivity index (χ0v) is 9.93. The second-order valence-electron chi connectivity index (χ2n) is 2.39. The Morgan fingerprint density at radius 3 is 2.44 bits per heavy atom. The van der Waals surface area contributed by atoms with E-state index in [1.165, 1.54) is 6.42 Å². The Labute approximate surface area is 73.6 Å². The predicted molar refractivity (Wildman–Crippen MR) is 52.9 cm³/mol. The van der Waals surface area contributed by atoms with Gasteiger partial charge in [-0.05, 0) is 20.3 Å². The van der Waals surface area contributed by atoms with Crippen molar-refractivity contribution in [2.75, 3.05) is 0 Å². The summed E-state index contributed by atoms with van der Waals surface area (Å²) < 4.78 is 6.35. The van der Waals surface area contributed by atoms with Crippen LogP contribution in [0.2, 0.25) is 0 Å². The lowest BCUT2D eigenvalue weighted by molar-refractivity contribution is 0.255. The topological polar surface area (TPSA) is 9.23 Å². The summed E-state index contributed by atoms with van der Waals surface area (Å²) in [5, 5.41) is 0. The molecule has 0 heterocycles. The van der Waals surface area contributed by atoms with E-state index in [0.29, 0.717) is 6.10 Å². The summed E-state index contributed by atoms with van der Waals surface area (Å²) in [5.74, 6) is 0. The third-order valence-corrected chi connectivity index (χ3v) is 4.81. The van der Waals surface area contributed by atoms with E-state index in [1.807, 2.05) is 0 Å². The molecule has 0 fully saturated rings. The van der Waals surface area contributed by atoms with Crippen LogP contribution in [0.25, 0.3) is 0 Å². The molecule has 0 aliphatic carbocycles. The SMILES string of the molecule is CCC(I)[SiH2]OC(C)C. The average molecular weight is 258 g/mol. The molecule has 0 bridgehead atoms. The average Bonchev–Trinajstić information content (AvgIpc) is 1.83. The van der Waals surface area contributed by atoms with Crippen LogP contribution in [-0.4, -0.2) is 19.4 Å². The molecular weight excluding hydrogens is 243 g/mol. The summed E-state index contributed by atoms with van der Waals surface area (Å²) in [7, 11) is -0.225. The van der Waals surface area contributed by atoms with Gasteiger partial charge in [0.2, 0.25) is 0 Å². The van der Waals surface area contributed by atoms with Gasteiger partial charge in [-0.1, -0.05) is 29.5 Å². The van der Waals surface area contributed by atoms with Crippen LogP contribution in [-0.2, 0) is 4.43 Å². The van der Waals surface area contributed by atoms with Crippen molar-refractivity contribution in [1.82, 2.24) is 0 Å². The fourth-order valence-corrected chi connectivity index (χ4v) is 1.87. The van der Waals surface area contributed by atoms with E-state index in [4.69, 9.17) is 4.43 Å². The molecule has 3 heteroatoms. The van der Waals surface area contributed by atoms with Crippen molar-refractivity contribution >= 4 is 32.4 Å². The molecule has 0 aliphatic heterocycles. The van der Waals surface area contributed by atoms with Gasteiger partial charge in [-0.2, -0.15) is 0 Å². The molecule has 9 heavy (non-hydrogen) atoms. The lowest BCUT2D eigenvalue weighted by Gasteiger charge is -2.09. The Hall–Kier alpha value is 0.907. The van der Waals surface area contributed by atoms with E-state index in [1.54, 1.807) is 0 Å². The molecular formula is C6H15IOSi. The van der Waals surface area contributed by atoms with Gasteiger partial charge in [-0.15, -0.1) is 0 Å². The summed E-state index contributed by atoms with van der Waals surface area (Å²) in [5.41, 5.74) is 0. The first-order valence-electron chi connectivity index (χ1n) is 3.42. The van der Waals surface area contributed by atoms with Crippen LogP contribution in [0.4, 0.5) is 0 Å². The number of hydrogen-bond acceptors (Lipinski definition) is 1. The summed E-state index contributed by atoms with van der Waals surface area (Å²) in [6.07, 6.45) is 1.71. The van der Waals surface area contributed by atoms with E-state index in [2.05, 4.69) is 43.4 Å². The predicted octanol–water partition coefficient (Wildman–Crippen LogP) is 1.67. The number of hydrogen-bond donors (Lipinski definition) is 0. The Kier molecular flexibility index (Phi) is 6.25. The number of alkyl halides is 1. The van der Waals surface area contributed by atoms with Crippen LogP contribution >= 0.6 is 22.6 Å². The number of halogens is 1. The molecule has 0 radical (unpaired) electrons. The maximum absolute atomic E-state index is 5.53. The maximum atomic E-state index is 5.53. The van der Waals surface area contributed by atoms with Gasteiger partial charge in [-0.3, -0.25) is 0 Å². The van der Waals surface area contributed by atoms with Crippen LogP contribution in [0, 0.1) is 0 Å². The van der Waals surface area contributed by atoms with Crippen molar-refractivity contribution < 1.29 is 4.43 Å². The smallest absolute Gasteiger partial charge is 0.174 e. The zero-order valence-electron chi connectivity index (χ0n) is 6.36. The van der Waals surface area contributed by atoms with Crippen LogP contribution in [0.15, 0.2) is 0 Å². The highest BCUT2D eigenvalue weighted by molar-refractivity contribution is 14.1. The first-order valence-corrected chi connectivity index (χ1v) is 6.06. The molecule has 1 unspecified atom stereocenters. The monoisotopic (exact) mass is 258 g/mol. The molecule has 0 aromatic rings. The summed E-state index contributed by atoms with van der Waals surface area (Å²) in [4.78, 5) is 0. The van der Waals surface area contributed by atoms with E-state index >= 15 is 0 Å². The van der Waals surface area contributed by atoms with Crippen molar-refractivity contribution in [3.05, 3.63) is 0 Å². The van der Waals surface area contributed by atoms with Crippen LogP contribution in [0.1, 0.15) is 27.2 Å². The van der Waals surface area contributed by atoms with Crippen molar-refractivity contribution in [1.29, 1.82) is 0 Å². The molecule has 0 amide bonds. The largest absolute Gasteiger partial charge is 0.421 e. The molecule has 0 spiro atoms. The highest BCUT2D eigenvalue weighted by Gasteiger charge is 2.02. The lowest BCUT2D eigenvalue weighted by Crippen LogP contribution is -2.16. The molecule has 0 aliphatic rings. The second-order valence-corrected chi connectivity index (χ2v) is 7.46. The minimum Gasteiger partial charge on any atom is -0.421 e. The standard InChI is InChI=1S/C6H15IOSi/c1-4-6(7)9-8-5(2)3/h5-6H,4,9H2,1-3H3. The van der Waals surface area contributed by atoms with Gasteiger partial charge in [0.1, 0.15) is 0 Å². The van der Waals surface area contributed by atoms with Crippen LogP contribution in [0.3, 0.4) is 0 Å². The van der Waals surface area contributed by atoms with Gasteiger partial charge in [0.15, 0.2) is 9.76 Å². The molecule has 1 nitrogen and oxygen atoms in total. The Morgan fingerprint density at radius 2 is 2.11 bits per heavy atom. The normalized spacial score (nSPS) is 15.7. The van der Waals surface area contributed by atoms with Crippen LogP contribution < -0.4 is 0 Å². The highest BCUT2D eigenvalue weighted by atomic mass is 127. The second kappa shape index (κ2) is 5.67. The minimum absolute atomic E-state index is 0.225. The lowest BCUT2D eigenvalue weighted by atomic mass is 10.5. The molecule has 0 saturated carbocycles. The van der Waals surface area contributed by atoms with Gasteiger partial charge in [0, 0.05) is 9.65 Å². The first kappa shape index (κ1) is 9.91. The Balaban J connectivity index is 3.06. The molecule has 0 saturated heterocycles. The van der Waals surface area contributed by atoms with E-state index in [-0.39, 0.29) is 9.76 Å². The van der Waals surface area contributed by atoms with E-state index in [9.17, 15) is 0 Å². The third-order valence-electron chi connectivity index (χ3n) is 1.05. The molecule has 0 N–H and O–H groups in total. The van der Waals surface area contributed by atoms with Crippen molar-refractivity contribution in [2.45, 2.75) is 36.8 Å². The molecule has 1 atom stereocenters. The first-order chi connectivity index (χ1) is 4.16. The van der Waals surface area contributed by atoms with Crippen molar-refractivity contribution in [3.63, 3.8) is 0 Å². The van der Waals surface area contributed by atoms with Crippen molar-refractivity contribution in [2.24, 2.45) is 0 Å². The van der Waals surface area contributed by atoms with Gasteiger partial charge in [0.25, 0.3) is 0 Å². The van der Waals surface area contributed by atoms with Gasteiger partial charge in [-0.25, -0.2) is 0 Å².